The van der Waals surface area contributed by atoms with Gasteiger partial charge in [0.05, 0.1) is 32.0 Å². The van der Waals surface area contributed by atoms with E-state index in [1.54, 1.807) is 67.6 Å². The summed E-state index contributed by atoms with van der Waals surface area (Å²) in [5, 5.41) is 5.37. The first kappa shape index (κ1) is 28.3. The molecule has 0 bridgehead atoms. The second-order valence-corrected chi connectivity index (χ2v) is 11.5. The SMILES string of the molecule is COC(=O)C1=CC(C(=O)OC)C2C3=C(C(=O)[C@@]2(C)NC(=O)c2ccccc2)C(c2ccccc2)C2C(=O)NC(=O)C2C3C1. The number of ketones is 1. The molecule has 0 spiro atoms. The highest BCUT2D eigenvalue weighted by molar-refractivity contribution is 6.15. The molecule has 2 aromatic rings. The molecule has 10 nitrogen and oxygen atoms in total. The number of rotatable bonds is 5. The Hall–Kier alpha value is -4.86. The van der Waals surface area contributed by atoms with Gasteiger partial charge in [0.25, 0.3) is 5.91 Å². The molecule has 1 fully saturated rings. The molecule has 10 heteroatoms. The van der Waals surface area contributed by atoms with E-state index < -0.39 is 76.5 Å². The smallest absolute Gasteiger partial charge is 0.333 e. The molecule has 3 amide bonds. The number of hydrogen-bond donors (Lipinski definition) is 2. The van der Waals surface area contributed by atoms with Gasteiger partial charge in [-0.25, -0.2) is 4.79 Å². The van der Waals surface area contributed by atoms with Gasteiger partial charge in [0.1, 0.15) is 5.54 Å². The van der Waals surface area contributed by atoms with Gasteiger partial charge in [-0.3, -0.25) is 29.3 Å². The van der Waals surface area contributed by atoms with Gasteiger partial charge in [-0.1, -0.05) is 60.2 Å². The first-order valence-electron chi connectivity index (χ1n) is 14.0. The number of hydrogen-bond acceptors (Lipinski definition) is 8. The zero-order valence-electron chi connectivity index (χ0n) is 23.8. The third kappa shape index (κ3) is 4.23. The normalized spacial score (nSPS) is 30.9. The predicted molar refractivity (Wildman–Crippen MR) is 151 cm³/mol. The number of ether oxygens (including phenoxy) is 2. The van der Waals surface area contributed by atoms with Crippen LogP contribution in [0.2, 0.25) is 0 Å². The van der Waals surface area contributed by atoms with E-state index in [9.17, 15) is 28.8 Å². The molecule has 43 heavy (non-hydrogen) atoms. The molecule has 2 aromatic carbocycles. The molecule has 1 saturated heterocycles. The lowest BCUT2D eigenvalue weighted by Crippen LogP contribution is -2.57. The molecule has 0 radical (unpaired) electrons. The Bertz CT molecular complexity index is 1630. The van der Waals surface area contributed by atoms with Gasteiger partial charge in [-0.2, -0.15) is 0 Å². The minimum atomic E-state index is -1.69. The molecule has 4 aliphatic rings. The molecule has 6 rings (SSSR count). The van der Waals surface area contributed by atoms with Crippen molar-refractivity contribution in [3.05, 3.63) is 94.6 Å². The second-order valence-electron chi connectivity index (χ2n) is 11.5. The van der Waals surface area contributed by atoms with Crippen molar-refractivity contribution in [1.82, 2.24) is 10.6 Å². The quantitative estimate of drug-likeness (QED) is 0.404. The Morgan fingerprint density at radius 1 is 0.884 bits per heavy atom. The Morgan fingerprint density at radius 2 is 1.51 bits per heavy atom. The summed E-state index contributed by atoms with van der Waals surface area (Å²) in [6.45, 7) is 1.56. The van der Waals surface area contributed by atoms with E-state index in [4.69, 9.17) is 9.47 Å². The molecular formula is C33H30N2O8. The van der Waals surface area contributed by atoms with Gasteiger partial charge in [0.15, 0.2) is 5.78 Å². The van der Waals surface area contributed by atoms with E-state index in [0.717, 1.165) is 0 Å². The summed E-state index contributed by atoms with van der Waals surface area (Å²) < 4.78 is 10.2. The largest absolute Gasteiger partial charge is 0.469 e. The van der Waals surface area contributed by atoms with Gasteiger partial charge in [-0.05, 0) is 37.0 Å². The van der Waals surface area contributed by atoms with Crippen molar-refractivity contribution in [3.8, 4) is 0 Å². The number of benzene rings is 2. The first-order valence-corrected chi connectivity index (χ1v) is 14.0. The minimum absolute atomic E-state index is 0.0468. The third-order valence-electron chi connectivity index (χ3n) is 9.39. The van der Waals surface area contributed by atoms with E-state index in [-0.39, 0.29) is 17.6 Å². The highest BCUT2D eigenvalue weighted by atomic mass is 16.5. The average Bonchev–Trinajstić information content (AvgIpc) is 3.34. The highest BCUT2D eigenvalue weighted by Crippen LogP contribution is 2.61. The maximum Gasteiger partial charge on any atom is 0.333 e. The van der Waals surface area contributed by atoms with Gasteiger partial charge >= 0.3 is 11.9 Å². The van der Waals surface area contributed by atoms with Crippen LogP contribution in [-0.2, 0) is 33.4 Å². The Kier molecular flexibility index (Phi) is 6.87. The summed E-state index contributed by atoms with van der Waals surface area (Å²) in [5.74, 6) is -9.14. The number of methoxy groups -OCH3 is 2. The van der Waals surface area contributed by atoms with Crippen LogP contribution < -0.4 is 10.6 Å². The van der Waals surface area contributed by atoms with Crippen LogP contribution in [0.3, 0.4) is 0 Å². The topological polar surface area (TPSA) is 145 Å². The molecule has 1 heterocycles. The molecule has 0 saturated carbocycles. The van der Waals surface area contributed by atoms with Crippen molar-refractivity contribution in [2.75, 3.05) is 14.2 Å². The number of nitrogens with one attached hydrogen (secondary N) is 2. The fourth-order valence-electron chi connectivity index (χ4n) is 7.66. The monoisotopic (exact) mass is 582 g/mol. The lowest BCUT2D eigenvalue weighted by Gasteiger charge is -2.40. The fourth-order valence-corrected chi connectivity index (χ4v) is 7.66. The van der Waals surface area contributed by atoms with Crippen LogP contribution in [0.5, 0.6) is 0 Å². The zero-order valence-corrected chi connectivity index (χ0v) is 23.8. The summed E-state index contributed by atoms with van der Waals surface area (Å²) in [6.07, 6.45) is 1.38. The zero-order chi connectivity index (χ0) is 30.6. The van der Waals surface area contributed by atoms with E-state index in [2.05, 4.69) is 10.6 Å². The lowest BCUT2D eigenvalue weighted by molar-refractivity contribution is -0.146. The summed E-state index contributed by atoms with van der Waals surface area (Å²) in [4.78, 5) is 81.9. The lowest BCUT2D eigenvalue weighted by atomic mass is 9.61. The molecule has 6 unspecified atom stereocenters. The average molecular weight is 583 g/mol. The Labute approximate surface area is 247 Å². The van der Waals surface area contributed by atoms with Crippen LogP contribution in [-0.4, -0.2) is 55.2 Å². The standard InChI is InChI=1S/C33H30N2O8/c1-33(35-28(37)17-12-8-5-9-13-17)26-20(32(41)43-3)15-18(31(40)42-2)14-19-22(26)24(27(33)36)21(16-10-6-4-7-11-16)25-23(19)29(38)34-30(25)39/h4-13,15,19-21,23,25-26H,14H2,1-3H3,(H,35,37)(H,34,38,39)/t19?,20?,21?,23?,25?,26?,33-/m0/s1. The summed E-state index contributed by atoms with van der Waals surface area (Å²) in [6, 6.07) is 17.3. The van der Waals surface area contributed by atoms with Crippen molar-refractivity contribution in [3.63, 3.8) is 0 Å². The van der Waals surface area contributed by atoms with Gasteiger partial charge in [-0.15, -0.1) is 0 Å². The number of imide groups is 1. The Morgan fingerprint density at radius 3 is 2.14 bits per heavy atom. The van der Waals surface area contributed by atoms with Crippen molar-refractivity contribution in [1.29, 1.82) is 0 Å². The first-order chi connectivity index (χ1) is 20.6. The van der Waals surface area contributed by atoms with E-state index >= 15 is 0 Å². The number of Topliss-reactive ketones (excluding diaryl/α,β-unsaturated/α-hetero) is 1. The van der Waals surface area contributed by atoms with Crippen LogP contribution in [0.1, 0.15) is 35.2 Å². The van der Waals surface area contributed by atoms with Crippen molar-refractivity contribution in [2.45, 2.75) is 24.8 Å². The number of amides is 3. The summed E-state index contributed by atoms with van der Waals surface area (Å²) >= 11 is 0. The van der Waals surface area contributed by atoms with Crippen molar-refractivity contribution in [2.24, 2.45) is 29.6 Å². The fraction of sp³-hybridized carbons (Fsp3) is 0.333. The minimum Gasteiger partial charge on any atom is -0.469 e. The number of fused-ring (bicyclic) bond motifs is 2. The molecule has 2 N–H and O–H groups in total. The van der Waals surface area contributed by atoms with Crippen LogP contribution in [0.15, 0.2) is 83.5 Å². The second kappa shape index (κ2) is 10.4. The Balaban J connectivity index is 1.63. The van der Waals surface area contributed by atoms with Crippen molar-refractivity contribution >= 4 is 35.4 Å². The molecule has 3 aliphatic carbocycles. The number of esters is 2. The molecular weight excluding hydrogens is 552 g/mol. The number of carbonyl (C=O) groups excluding carboxylic acids is 6. The summed E-state index contributed by atoms with van der Waals surface area (Å²) in [7, 11) is 2.41. The van der Waals surface area contributed by atoms with Gasteiger partial charge in [0, 0.05) is 28.5 Å². The molecule has 7 atom stereocenters. The predicted octanol–water partition coefficient (Wildman–Crippen LogP) is 2.27. The maximum atomic E-state index is 14.8. The van der Waals surface area contributed by atoms with Crippen LogP contribution in [0.25, 0.3) is 0 Å². The third-order valence-corrected chi connectivity index (χ3v) is 9.39. The van der Waals surface area contributed by atoms with Gasteiger partial charge in [0.2, 0.25) is 11.8 Å². The van der Waals surface area contributed by atoms with Crippen LogP contribution in [0.4, 0.5) is 0 Å². The molecule has 220 valence electrons. The summed E-state index contributed by atoms with van der Waals surface area (Å²) in [5.41, 5.74) is 0.134. The van der Waals surface area contributed by atoms with Crippen LogP contribution in [0, 0.1) is 29.6 Å². The van der Waals surface area contributed by atoms with E-state index in [1.807, 2.05) is 0 Å². The number of carbonyl (C=O) groups is 6. The maximum absolute atomic E-state index is 14.8. The van der Waals surface area contributed by atoms with Crippen LogP contribution >= 0.6 is 0 Å². The highest BCUT2D eigenvalue weighted by Gasteiger charge is 2.67. The van der Waals surface area contributed by atoms with E-state index in [1.165, 1.54) is 20.3 Å². The molecule has 0 aromatic heterocycles. The van der Waals surface area contributed by atoms with Gasteiger partial charge < -0.3 is 14.8 Å². The van der Waals surface area contributed by atoms with Crippen molar-refractivity contribution < 1.29 is 38.2 Å². The molecule has 1 aliphatic heterocycles. The van der Waals surface area contributed by atoms with E-state index in [0.29, 0.717) is 16.7 Å².